The van der Waals surface area contributed by atoms with Crippen molar-refractivity contribution in [2.24, 2.45) is 4.99 Å². The van der Waals surface area contributed by atoms with Crippen molar-refractivity contribution < 1.29 is 5.11 Å². The number of hydrogen-bond acceptors (Lipinski definition) is 3. The predicted molar refractivity (Wildman–Crippen MR) is 71.5 cm³/mol. The van der Waals surface area contributed by atoms with Gasteiger partial charge in [0.1, 0.15) is 0 Å². The first-order chi connectivity index (χ1) is 8.42. The van der Waals surface area contributed by atoms with Crippen LogP contribution in [0.1, 0.15) is 17.5 Å². The molecule has 0 saturated heterocycles. The van der Waals surface area contributed by atoms with Crippen molar-refractivity contribution in [3.63, 3.8) is 0 Å². The van der Waals surface area contributed by atoms with Gasteiger partial charge in [-0.3, -0.25) is 4.99 Å². The normalized spacial score (nSPS) is 16.2. The summed E-state index contributed by atoms with van der Waals surface area (Å²) in [5.41, 5.74) is 3.66. The van der Waals surface area contributed by atoms with Gasteiger partial charge in [0.2, 0.25) is 0 Å². The van der Waals surface area contributed by atoms with E-state index in [2.05, 4.69) is 46.7 Å². The molecule has 0 atom stereocenters. The van der Waals surface area contributed by atoms with E-state index in [1.165, 1.54) is 11.1 Å². The van der Waals surface area contributed by atoms with Gasteiger partial charge in [-0.2, -0.15) is 0 Å². The molecule has 0 aromatic heterocycles. The van der Waals surface area contributed by atoms with Crippen molar-refractivity contribution in [2.75, 3.05) is 26.2 Å². The Bertz CT molecular complexity index is 424. The lowest BCUT2D eigenvalue weighted by atomic mass is 9.95. The van der Waals surface area contributed by atoms with Crippen LogP contribution in [0, 0.1) is 0 Å². The van der Waals surface area contributed by atoms with Crippen LogP contribution in [-0.2, 0) is 0 Å². The monoisotopic (exact) mass is 230 g/mol. The van der Waals surface area contributed by atoms with Gasteiger partial charge in [-0.05, 0) is 5.56 Å². The largest absolute Gasteiger partial charge is 0.395 e. The van der Waals surface area contributed by atoms with Crippen LogP contribution in [0.2, 0.25) is 0 Å². The van der Waals surface area contributed by atoms with Crippen molar-refractivity contribution >= 4 is 11.8 Å². The van der Waals surface area contributed by atoms with Gasteiger partial charge in [0.15, 0.2) is 0 Å². The molecule has 0 aliphatic heterocycles. The van der Waals surface area contributed by atoms with Crippen LogP contribution < -0.4 is 5.32 Å². The van der Waals surface area contributed by atoms with Crippen molar-refractivity contribution in [1.29, 1.82) is 0 Å². The summed E-state index contributed by atoms with van der Waals surface area (Å²) in [7, 11) is 0. The highest BCUT2D eigenvalue weighted by Crippen LogP contribution is 2.19. The third kappa shape index (κ3) is 3.25. The molecule has 2 rings (SSSR count). The molecule has 2 N–H and O–H groups in total. The Morgan fingerprint density at radius 3 is 3.00 bits per heavy atom. The van der Waals surface area contributed by atoms with Gasteiger partial charge in [0, 0.05) is 30.8 Å². The van der Waals surface area contributed by atoms with E-state index >= 15 is 0 Å². The molecule has 90 valence electrons. The topological polar surface area (TPSA) is 44.6 Å². The summed E-state index contributed by atoms with van der Waals surface area (Å²) in [6, 6.07) is 8.34. The van der Waals surface area contributed by atoms with E-state index in [0.717, 1.165) is 25.2 Å². The molecular weight excluding hydrogens is 212 g/mol. The Hall–Kier alpha value is -1.45. The lowest BCUT2D eigenvalue weighted by Gasteiger charge is -2.13. The third-order valence-corrected chi connectivity index (χ3v) is 2.76. The Kier molecular flexibility index (Phi) is 4.47. The number of nitrogens with one attached hydrogen (secondary N) is 1. The average molecular weight is 230 g/mol. The summed E-state index contributed by atoms with van der Waals surface area (Å²) in [6.07, 6.45) is 5.22. The van der Waals surface area contributed by atoms with Crippen molar-refractivity contribution in [2.45, 2.75) is 6.42 Å². The molecule has 0 fully saturated rings. The van der Waals surface area contributed by atoms with Crippen molar-refractivity contribution in [3.05, 3.63) is 41.5 Å². The second-order valence-corrected chi connectivity index (χ2v) is 4.00. The van der Waals surface area contributed by atoms with Crippen molar-refractivity contribution in [3.8, 4) is 0 Å². The molecule has 0 bridgehead atoms. The van der Waals surface area contributed by atoms with Crippen molar-refractivity contribution in [1.82, 2.24) is 5.32 Å². The summed E-state index contributed by atoms with van der Waals surface area (Å²) in [5, 5.41) is 11.8. The number of hydrogen-bond donors (Lipinski definition) is 2. The van der Waals surface area contributed by atoms with Gasteiger partial charge in [-0.1, -0.05) is 36.4 Å². The number of rotatable bonds is 5. The van der Waals surface area contributed by atoms with E-state index in [0.29, 0.717) is 6.54 Å². The fourth-order valence-electron chi connectivity index (χ4n) is 1.94. The molecule has 17 heavy (non-hydrogen) atoms. The molecule has 1 aromatic rings. The first-order valence-electron chi connectivity index (χ1n) is 6.02. The number of aliphatic hydroxyl groups is 1. The number of nitrogens with zero attached hydrogens (tertiary/aromatic N) is 1. The maximum Gasteiger partial charge on any atom is 0.0555 e. The molecular formula is C14H18N2O. The number of fused-ring (bicyclic) bond motifs is 1. The van der Waals surface area contributed by atoms with Crippen LogP contribution in [0.4, 0.5) is 0 Å². The van der Waals surface area contributed by atoms with Gasteiger partial charge >= 0.3 is 0 Å². The molecule has 3 heteroatoms. The predicted octanol–water partition coefficient (Wildman–Crippen LogP) is 1.47. The quantitative estimate of drug-likeness (QED) is 0.752. The van der Waals surface area contributed by atoms with E-state index < -0.39 is 0 Å². The Morgan fingerprint density at radius 2 is 2.12 bits per heavy atom. The summed E-state index contributed by atoms with van der Waals surface area (Å²) < 4.78 is 0. The molecule has 0 heterocycles. The minimum Gasteiger partial charge on any atom is -0.395 e. The van der Waals surface area contributed by atoms with Gasteiger partial charge in [0.05, 0.1) is 13.2 Å². The lowest BCUT2D eigenvalue weighted by molar-refractivity contribution is 0.293. The van der Waals surface area contributed by atoms with Crippen LogP contribution in [0.5, 0.6) is 0 Å². The fourth-order valence-corrected chi connectivity index (χ4v) is 1.94. The number of benzene rings is 1. The van der Waals surface area contributed by atoms with E-state index in [9.17, 15) is 0 Å². The van der Waals surface area contributed by atoms with Crippen LogP contribution in [-0.4, -0.2) is 37.1 Å². The first kappa shape index (κ1) is 12.0. The standard InChI is InChI=1S/C14H18N2O/c17-11-10-15-8-9-16-14-7-3-5-12-4-1-2-6-13(12)14/h1-6,15,17H,7-11H2. The molecule has 0 saturated carbocycles. The number of allylic oxidation sites excluding steroid dienone is 1. The minimum atomic E-state index is 0.183. The van der Waals surface area contributed by atoms with E-state index in [4.69, 9.17) is 5.11 Å². The zero-order valence-corrected chi connectivity index (χ0v) is 9.89. The number of aliphatic hydroxyl groups excluding tert-OH is 1. The van der Waals surface area contributed by atoms with Crippen LogP contribution in [0.25, 0.3) is 6.08 Å². The van der Waals surface area contributed by atoms with E-state index in [-0.39, 0.29) is 6.61 Å². The molecule has 0 spiro atoms. The Balaban J connectivity index is 1.98. The molecule has 0 radical (unpaired) electrons. The summed E-state index contributed by atoms with van der Waals surface area (Å²) in [5.74, 6) is 0. The summed E-state index contributed by atoms with van der Waals surface area (Å²) in [6.45, 7) is 2.40. The third-order valence-electron chi connectivity index (χ3n) is 2.76. The fraction of sp³-hybridized carbons (Fsp3) is 0.357. The second kappa shape index (κ2) is 6.33. The van der Waals surface area contributed by atoms with Crippen LogP contribution >= 0.6 is 0 Å². The molecule has 3 nitrogen and oxygen atoms in total. The summed E-state index contributed by atoms with van der Waals surface area (Å²) in [4.78, 5) is 4.62. The molecule has 1 aliphatic rings. The highest BCUT2D eigenvalue weighted by Gasteiger charge is 2.09. The van der Waals surface area contributed by atoms with Gasteiger partial charge in [0.25, 0.3) is 0 Å². The maximum absolute atomic E-state index is 8.64. The smallest absolute Gasteiger partial charge is 0.0555 e. The van der Waals surface area contributed by atoms with Gasteiger partial charge < -0.3 is 10.4 Å². The molecule has 0 unspecified atom stereocenters. The first-order valence-corrected chi connectivity index (χ1v) is 6.02. The van der Waals surface area contributed by atoms with Crippen LogP contribution in [0.3, 0.4) is 0 Å². The molecule has 1 aliphatic carbocycles. The zero-order valence-electron chi connectivity index (χ0n) is 9.89. The van der Waals surface area contributed by atoms with Gasteiger partial charge in [-0.15, -0.1) is 0 Å². The molecule has 1 aromatic carbocycles. The average Bonchev–Trinajstić information content (AvgIpc) is 2.39. The minimum absolute atomic E-state index is 0.183. The highest BCUT2D eigenvalue weighted by molar-refractivity contribution is 6.06. The van der Waals surface area contributed by atoms with Crippen LogP contribution in [0.15, 0.2) is 35.3 Å². The SMILES string of the molecule is OCCNCCN=C1CC=Cc2ccccc21. The maximum atomic E-state index is 8.64. The Morgan fingerprint density at radius 1 is 1.24 bits per heavy atom. The lowest BCUT2D eigenvalue weighted by Crippen LogP contribution is -2.22. The zero-order chi connectivity index (χ0) is 11.9. The van der Waals surface area contributed by atoms with E-state index in [1.54, 1.807) is 0 Å². The molecule has 0 amide bonds. The summed E-state index contributed by atoms with van der Waals surface area (Å²) >= 11 is 0. The Labute approximate surface area is 102 Å². The number of aliphatic imine (C=N–C) groups is 1. The van der Waals surface area contributed by atoms with Gasteiger partial charge in [-0.25, -0.2) is 0 Å². The van der Waals surface area contributed by atoms with E-state index in [1.807, 2.05) is 0 Å². The second-order valence-electron chi connectivity index (χ2n) is 4.00. The highest BCUT2D eigenvalue weighted by atomic mass is 16.3.